The molecule has 0 spiro atoms. The van der Waals surface area contributed by atoms with Crippen molar-refractivity contribution in [2.45, 2.75) is 6.92 Å². The second-order valence-corrected chi connectivity index (χ2v) is 3.35. The van der Waals surface area contributed by atoms with Gasteiger partial charge in [0.1, 0.15) is 0 Å². The Labute approximate surface area is 94.5 Å². The summed E-state index contributed by atoms with van der Waals surface area (Å²) in [5, 5.41) is 14.2. The number of hydrogen-bond donors (Lipinski definition) is 1. The van der Waals surface area contributed by atoms with Gasteiger partial charge in [-0.1, -0.05) is 30.3 Å². The predicted octanol–water partition coefficient (Wildman–Crippen LogP) is 1.94. The number of carboxylic acid groups (broad SMARTS) is 1. The Morgan fingerprint density at radius 2 is 2.00 bits per heavy atom. The van der Waals surface area contributed by atoms with Gasteiger partial charge >= 0.3 is 5.97 Å². The highest BCUT2D eigenvalue weighted by molar-refractivity contribution is 5.85. The second kappa shape index (κ2) is 5.70. The van der Waals surface area contributed by atoms with Crippen molar-refractivity contribution in [1.82, 2.24) is 5.01 Å². The highest BCUT2D eigenvalue weighted by Gasteiger charge is 1.99. The van der Waals surface area contributed by atoms with Crippen LogP contribution in [0, 0.1) is 0 Å². The summed E-state index contributed by atoms with van der Waals surface area (Å²) in [6.07, 6.45) is 3.13. The SMILES string of the molecule is CC(=CN(C)N=Cc1ccccc1)C(=O)O. The zero-order valence-corrected chi connectivity index (χ0v) is 9.29. The molecule has 84 valence electrons. The molecule has 0 amide bonds. The van der Waals surface area contributed by atoms with Gasteiger partial charge < -0.3 is 5.11 Å². The van der Waals surface area contributed by atoms with Gasteiger partial charge in [-0.3, -0.25) is 5.01 Å². The van der Waals surface area contributed by atoms with Gasteiger partial charge in [-0.25, -0.2) is 4.79 Å². The molecule has 0 atom stereocenters. The highest BCUT2D eigenvalue weighted by atomic mass is 16.4. The van der Waals surface area contributed by atoms with Crippen molar-refractivity contribution in [2.24, 2.45) is 5.10 Å². The van der Waals surface area contributed by atoms with E-state index in [1.807, 2.05) is 30.3 Å². The van der Waals surface area contributed by atoms with Crippen LogP contribution < -0.4 is 0 Å². The predicted molar refractivity (Wildman–Crippen MR) is 63.2 cm³/mol. The van der Waals surface area contributed by atoms with Crippen LogP contribution in [0.5, 0.6) is 0 Å². The molecule has 1 N–H and O–H groups in total. The van der Waals surface area contributed by atoms with E-state index in [-0.39, 0.29) is 5.57 Å². The summed E-state index contributed by atoms with van der Waals surface area (Å²) in [5.41, 5.74) is 1.21. The second-order valence-electron chi connectivity index (χ2n) is 3.35. The third-order valence-corrected chi connectivity index (χ3v) is 1.91. The molecule has 0 unspecified atom stereocenters. The lowest BCUT2D eigenvalue weighted by Crippen LogP contribution is -2.06. The summed E-state index contributed by atoms with van der Waals surface area (Å²) in [6, 6.07) is 9.60. The lowest BCUT2D eigenvalue weighted by atomic mass is 10.2. The summed E-state index contributed by atoms with van der Waals surface area (Å²) < 4.78 is 0. The van der Waals surface area contributed by atoms with Crippen LogP contribution in [0.2, 0.25) is 0 Å². The van der Waals surface area contributed by atoms with E-state index < -0.39 is 5.97 Å². The van der Waals surface area contributed by atoms with Crippen LogP contribution in [-0.4, -0.2) is 29.3 Å². The first-order chi connectivity index (χ1) is 7.59. The molecule has 0 aliphatic carbocycles. The third kappa shape index (κ3) is 3.96. The zero-order valence-electron chi connectivity index (χ0n) is 9.29. The molecule has 0 aliphatic rings. The summed E-state index contributed by atoms with van der Waals surface area (Å²) in [4.78, 5) is 10.6. The molecule has 4 nitrogen and oxygen atoms in total. The van der Waals surface area contributed by atoms with E-state index in [1.54, 1.807) is 13.3 Å². The number of carboxylic acids is 1. The van der Waals surface area contributed by atoms with E-state index in [1.165, 1.54) is 18.1 Å². The van der Waals surface area contributed by atoms with Crippen LogP contribution in [0.3, 0.4) is 0 Å². The molecule has 1 rings (SSSR count). The van der Waals surface area contributed by atoms with Gasteiger partial charge in [-0.2, -0.15) is 5.10 Å². The molecule has 0 saturated heterocycles. The van der Waals surface area contributed by atoms with Crippen molar-refractivity contribution < 1.29 is 9.90 Å². The lowest BCUT2D eigenvalue weighted by Gasteiger charge is -2.06. The number of rotatable bonds is 4. The Balaban J connectivity index is 2.65. The normalized spacial score (nSPS) is 11.8. The maximum absolute atomic E-state index is 10.6. The molecule has 4 heteroatoms. The van der Waals surface area contributed by atoms with Gasteiger partial charge in [0.25, 0.3) is 0 Å². The summed E-state index contributed by atoms with van der Waals surface area (Å²) >= 11 is 0. The Bertz CT molecular complexity index is 410. The smallest absolute Gasteiger partial charge is 0.332 e. The molecule has 16 heavy (non-hydrogen) atoms. The standard InChI is InChI=1S/C12H14N2O2/c1-10(12(15)16)9-14(2)13-8-11-6-4-3-5-7-11/h3-9H,1-2H3,(H,15,16). The van der Waals surface area contributed by atoms with Crippen molar-refractivity contribution in [1.29, 1.82) is 0 Å². The monoisotopic (exact) mass is 218 g/mol. The first kappa shape index (κ1) is 12.0. The van der Waals surface area contributed by atoms with E-state index in [2.05, 4.69) is 5.10 Å². The Morgan fingerprint density at radius 3 is 2.56 bits per heavy atom. The van der Waals surface area contributed by atoms with Crippen LogP contribution in [0.25, 0.3) is 0 Å². The fourth-order valence-corrected chi connectivity index (χ4v) is 1.07. The molecule has 0 aliphatic heterocycles. The van der Waals surface area contributed by atoms with Crippen molar-refractivity contribution in [3.05, 3.63) is 47.7 Å². The molecule has 1 aromatic carbocycles. The molecular formula is C12H14N2O2. The minimum atomic E-state index is -0.943. The number of aliphatic carboxylic acids is 1. The van der Waals surface area contributed by atoms with E-state index in [0.717, 1.165) is 5.56 Å². The number of nitrogens with zero attached hydrogens (tertiary/aromatic N) is 2. The van der Waals surface area contributed by atoms with Crippen molar-refractivity contribution >= 4 is 12.2 Å². The average molecular weight is 218 g/mol. The molecule has 0 bridgehead atoms. The minimum absolute atomic E-state index is 0.243. The minimum Gasteiger partial charge on any atom is -0.478 e. The number of carbonyl (C=O) groups is 1. The van der Waals surface area contributed by atoms with Gasteiger partial charge in [-0.05, 0) is 12.5 Å². The summed E-state index contributed by atoms with van der Waals surface area (Å²) in [6.45, 7) is 1.52. The lowest BCUT2D eigenvalue weighted by molar-refractivity contribution is -0.132. The van der Waals surface area contributed by atoms with Crippen LogP contribution in [0.15, 0.2) is 47.2 Å². The molecule has 0 saturated carbocycles. The van der Waals surface area contributed by atoms with Gasteiger partial charge in [0.15, 0.2) is 0 Å². The zero-order chi connectivity index (χ0) is 12.0. The number of hydrogen-bond acceptors (Lipinski definition) is 3. The Morgan fingerprint density at radius 1 is 1.38 bits per heavy atom. The van der Waals surface area contributed by atoms with Crippen LogP contribution in [-0.2, 0) is 4.79 Å². The van der Waals surface area contributed by atoms with Gasteiger partial charge in [0, 0.05) is 13.2 Å². The van der Waals surface area contributed by atoms with Gasteiger partial charge in [0.2, 0.25) is 0 Å². The van der Waals surface area contributed by atoms with E-state index >= 15 is 0 Å². The Kier molecular flexibility index (Phi) is 4.27. The molecule has 0 aromatic heterocycles. The summed E-state index contributed by atoms with van der Waals surface area (Å²) in [5.74, 6) is -0.943. The topological polar surface area (TPSA) is 52.9 Å². The third-order valence-electron chi connectivity index (χ3n) is 1.91. The van der Waals surface area contributed by atoms with Crippen LogP contribution in [0.1, 0.15) is 12.5 Å². The molecule has 0 heterocycles. The maximum atomic E-state index is 10.6. The van der Waals surface area contributed by atoms with E-state index in [9.17, 15) is 4.79 Å². The summed E-state index contributed by atoms with van der Waals surface area (Å²) in [7, 11) is 1.69. The molecule has 0 radical (unpaired) electrons. The molecule has 1 aromatic rings. The quantitative estimate of drug-likeness (QED) is 0.477. The first-order valence-corrected chi connectivity index (χ1v) is 4.83. The fourth-order valence-electron chi connectivity index (χ4n) is 1.07. The van der Waals surface area contributed by atoms with Crippen molar-refractivity contribution in [3.63, 3.8) is 0 Å². The van der Waals surface area contributed by atoms with E-state index in [4.69, 9.17) is 5.11 Å². The van der Waals surface area contributed by atoms with Crippen LogP contribution >= 0.6 is 0 Å². The Hall–Kier alpha value is -2.10. The number of benzene rings is 1. The largest absolute Gasteiger partial charge is 0.478 e. The number of hydrazone groups is 1. The van der Waals surface area contributed by atoms with Crippen LogP contribution in [0.4, 0.5) is 0 Å². The van der Waals surface area contributed by atoms with Crippen molar-refractivity contribution in [2.75, 3.05) is 7.05 Å². The molecule has 0 fully saturated rings. The average Bonchev–Trinajstić information content (AvgIpc) is 2.27. The maximum Gasteiger partial charge on any atom is 0.332 e. The fraction of sp³-hybridized carbons (Fsp3) is 0.167. The van der Waals surface area contributed by atoms with Crippen molar-refractivity contribution in [3.8, 4) is 0 Å². The highest BCUT2D eigenvalue weighted by Crippen LogP contribution is 1.98. The van der Waals surface area contributed by atoms with Gasteiger partial charge in [-0.15, -0.1) is 0 Å². The molecular weight excluding hydrogens is 204 g/mol. The van der Waals surface area contributed by atoms with E-state index in [0.29, 0.717) is 0 Å². The first-order valence-electron chi connectivity index (χ1n) is 4.83. The van der Waals surface area contributed by atoms with Gasteiger partial charge in [0.05, 0.1) is 11.8 Å².